The lowest BCUT2D eigenvalue weighted by Crippen LogP contribution is -2.55. The maximum atomic E-state index is 15.4. The number of hydrogen-bond donors (Lipinski definition) is 2. The van der Waals surface area contributed by atoms with Crippen molar-refractivity contribution in [3.63, 3.8) is 0 Å². The predicted octanol–water partition coefficient (Wildman–Crippen LogP) is 3.95. The van der Waals surface area contributed by atoms with Gasteiger partial charge in [0.15, 0.2) is 17.3 Å². The number of piperazine rings is 1. The Bertz CT molecular complexity index is 1360. The standard InChI is InChI=1S/C28H30ClF2N3O5/c29-19-2-6-22-18(13-19)15-25(39-22)28(30,31)27(36)32-21(16-33-7-9-34(10-8-33)20-3-4-20)26(35)17-1-5-23-24(14-17)38-12-11-37-23/h1-2,5-6,13-15,20-21,26,35H,3-4,7-12,16H2,(H,32,36). The third-order valence-corrected chi connectivity index (χ3v) is 7.84. The van der Waals surface area contributed by atoms with E-state index in [0.717, 1.165) is 32.2 Å². The molecule has 0 radical (unpaired) electrons. The van der Waals surface area contributed by atoms with E-state index in [0.29, 0.717) is 46.7 Å². The van der Waals surface area contributed by atoms with Gasteiger partial charge in [-0.05, 0) is 54.8 Å². The van der Waals surface area contributed by atoms with Crippen LogP contribution in [-0.4, -0.2) is 78.8 Å². The van der Waals surface area contributed by atoms with Crippen molar-refractivity contribution in [1.82, 2.24) is 15.1 Å². The van der Waals surface area contributed by atoms with Gasteiger partial charge in [0.05, 0.1) is 6.04 Å². The molecular weight excluding hydrogens is 532 g/mol. The average molecular weight is 562 g/mol. The Morgan fingerprint density at radius 3 is 2.54 bits per heavy atom. The highest BCUT2D eigenvalue weighted by Crippen LogP contribution is 2.36. The Balaban J connectivity index is 1.23. The number of ether oxygens (including phenoxy) is 2. The number of alkyl halides is 2. The zero-order valence-corrected chi connectivity index (χ0v) is 22.0. The number of fused-ring (bicyclic) bond motifs is 2. The first-order valence-corrected chi connectivity index (χ1v) is 13.6. The molecule has 11 heteroatoms. The van der Waals surface area contributed by atoms with Gasteiger partial charge in [-0.15, -0.1) is 0 Å². The fraction of sp³-hybridized carbons (Fsp3) is 0.464. The molecule has 0 bridgehead atoms. The lowest BCUT2D eigenvalue weighted by Gasteiger charge is -2.38. The maximum absolute atomic E-state index is 15.4. The Morgan fingerprint density at radius 1 is 1.05 bits per heavy atom. The molecule has 3 aliphatic rings. The third kappa shape index (κ3) is 5.56. The van der Waals surface area contributed by atoms with Crippen LogP contribution in [0.5, 0.6) is 11.5 Å². The van der Waals surface area contributed by atoms with E-state index in [1.165, 1.54) is 31.0 Å². The fourth-order valence-electron chi connectivity index (χ4n) is 5.27. The normalized spacial score (nSPS) is 20.1. The first kappa shape index (κ1) is 26.3. The lowest BCUT2D eigenvalue weighted by molar-refractivity contribution is -0.151. The van der Waals surface area contributed by atoms with Crippen molar-refractivity contribution < 1.29 is 32.6 Å². The second-order valence-electron chi connectivity index (χ2n) is 10.4. The topological polar surface area (TPSA) is 87.4 Å². The number of hydrogen-bond acceptors (Lipinski definition) is 7. The molecule has 0 spiro atoms. The minimum atomic E-state index is -3.97. The van der Waals surface area contributed by atoms with Gasteiger partial charge in [-0.2, -0.15) is 8.78 Å². The van der Waals surface area contributed by atoms with Crippen molar-refractivity contribution in [2.75, 3.05) is 45.9 Å². The van der Waals surface area contributed by atoms with Crippen LogP contribution in [0, 0.1) is 0 Å². The molecule has 1 amide bonds. The van der Waals surface area contributed by atoms with Gasteiger partial charge < -0.3 is 24.3 Å². The number of carbonyl (C=O) groups is 1. The molecule has 2 aliphatic heterocycles. The Labute approximate surface area is 229 Å². The molecule has 3 aromatic rings. The first-order chi connectivity index (χ1) is 18.8. The third-order valence-electron chi connectivity index (χ3n) is 7.60. The van der Waals surface area contributed by atoms with Crippen LogP contribution in [0.2, 0.25) is 5.02 Å². The molecule has 8 nitrogen and oxygen atoms in total. The second kappa shape index (κ2) is 10.6. The number of aliphatic hydroxyl groups excluding tert-OH is 1. The zero-order chi connectivity index (χ0) is 27.1. The van der Waals surface area contributed by atoms with Gasteiger partial charge in [-0.3, -0.25) is 14.6 Å². The largest absolute Gasteiger partial charge is 0.486 e. The molecule has 2 atom stereocenters. The zero-order valence-electron chi connectivity index (χ0n) is 21.2. The van der Waals surface area contributed by atoms with Crippen LogP contribution in [0.4, 0.5) is 8.78 Å². The number of carbonyl (C=O) groups excluding carboxylic acids is 1. The van der Waals surface area contributed by atoms with Crippen LogP contribution in [0.15, 0.2) is 46.9 Å². The quantitative estimate of drug-likeness (QED) is 0.431. The summed E-state index contributed by atoms with van der Waals surface area (Å²) in [5.41, 5.74) is 0.631. The van der Waals surface area contributed by atoms with E-state index < -0.39 is 29.7 Å². The second-order valence-corrected chi connectivity index (χ2v) is 10.8. The molecule has 2 fully saturated rings. The minimum absolute atomic E-state index is 0.197. The highest BCUT2D eigenvalue weighted by molar-refractivity contribution is 6.31. The molecule has 1 aliphatic carbocycles. The monoisotopic (exact) mass is 561 g/mol. The molecule has 39 heavy (non-hydrogen) atoms. The number of aliphatic hydroxyl groups is 1. The average Bonchev–Trinajstić information content (AvgIpc) is 3.70. The number of furan rings is 1. The SMILES string of the molecule is O=C(NC(CN1CCN(C2CC2)CC1)C(O)c1ccc2c(c1)OCCO2)C(F)(F)c1cc2cc(Cl)ccc2o1. The number of halogens is 3. The van der Waals surface area contributed by atoms with Crippen LogP contribution >= 0.6 is 11.6 Å². The van der Waals surface area contributed by atoms with E-state index >= 15 is 8.78 Å². The minimum Gasteiger partial charge on any atom is -0.486 e. The summed E-state index contributed by atoms with van der Waals surface area (Å²) < 4.78 is 47.3. The van der Waals surface area contributed by atoms with Gasteiger partial charge in [-0.1, -0.05) is 17.7 Å². The molecule has 1 aromatic heterocycles. The number of rotatable bonds is 8. The van der Waals surface area contributed by atoms with Crippen molar-refractivity contribution in [2.24, 2.45) is 0 Å². The molecule has 1 saturated heterocycles. The number of nitrogens with zero attached hydrogens (tertiary/aromatic N) is 2. The summed E-state index contributed by atoms with van der Waals surface area (Å²) >= 11 is 5.97. The molecule has 2 N–H and O–H groups in total. The van der Waals surface area contributed by atoms with E-state index in [9.17, 15) is 9.90 Å². The van der Waals surface area contributed by atoms with Crippen molar-refractivity contribution >= 4 is 28.5 Å². The maximum Gasteiger partial charge on any atom is 0.380 e. The molecular formula is C28H30ClF2N3O5. The highest BCUT2D eigenvalue weighted by atomic mass is 35.5. The van der Waals surface area contributed by atoms with E-state index in [1.807, 2.05) is 0 Å². The molecule has 2 unspecified atom stereocenters. The van der Waals surface area contributed by atoms with Crippen LogP contribution in [-0.2, 0) is 10.7 Å². The number of amides is 1. The molecule has 208 valence electrons. The van der Waals surface area contributed by atoms with Crippen molar-refractivity contribution in [3.8, 4) is 11.5 Å². The number of benzene rings is 2. The Kier molecular flexibility index (Phi) is 7.13. The summed E-state index contributed by atoms with van der Waals surface area (Å²) in [5, 5.41) is 14.5. The molecule has 3 heterocycles. The smallest absolute Gasteiger partial charge is 0.380 e. The van der Waals surface area contributed by atoms with E-state index in [-0.39, 0.29) is 12.1 Å². The summed E-state index contributed by atoms with van der Waals surface area (Å²) in [6, 6.07) is 10.2. The Hall–Kier alpha value is -2.92. The van der Waals surface area contributed by atoms with Gasteiger partial charge in [0, 0.05) is 49.2 Å². The van der Waals surface area contributed by atoms with Gasteiger partial charge >= 0.3 is 5.92 Å². The first-order valence-electron chi connectivity index (χ1n) is 13.2. The van der Waals surface area contributed by atoms with E-state index in [1.54, 1.807) is 18.2 Å². The van der Waals surface area contributed by atoms with Crippen molar-refractivity contribution in [3.05, 3.63) is 58.8 Å². The van der Waals surface area contributed by atoms with Crippen LogP contribution < -0.4 is 14.8 Å². The van der Waals surface area contributed by atoms with Gasteiger partial charge in [0.25, 0.3) is 5.91 Å². The lowest BCUT2D eigenvalue weighted by atomic mass is 10.00. The van der Waals surface area contributed by atoms with E-state index in [2.05, 4.69) is 15.1 Å². The molecule has 2 aromatic carbocycles. The number of nitrogens with one attached hydrogen (secondary N) is 1. The predicted molar refractivity (Wildman–Crippen MR) is 140 cm³/mol. The van der Waals surface area contributed by atoms with Crippen molar-refractivity contribution in [2.45, 2.75) is 37.0 Å². The Morgan fingerprint density at radius 2 is 1.79 bits per heavy atom. The van der Waals surface area contributed by atoms with Gasteiger partial charge in [0.1, 0.15) is 24.9 Å². The van der Waals surface area contributed by atoms with E-state index in [4.69, 9.17) is 25.5 Å². The molecule has 1 saturated carbocycles. The molecule has 6 rings (SSSR count). The fourth-order valence-corrected chi connectivity index (χ4v) is 5.45. The van der Waals surface area contributed by atoms with Gasteiger partial charge in [-0.25, -0.2) is 0 Å². The summed E-state index contributed by atoms with van der Waals surface area (Å²) in [7, 11) is 0. The van der Waals surface area contributed by atoms with Crippen molar-refractivity contribution in [1.29, 1.82) is 0 Å². The van der Waals surface area contributed by atoms with Crippen LogP contribution in [0.3, 0.4) is 0 Å². The summed E-state index contributed by atoms with van der Waals surface area (Å²) in [6.07, 6.45) is 1.16. The van der Waals surface area contributed by atoms with Crippen LogP contribution in [0.1, 0.15) is 30.3 Å². The summed E-state index contributed by atoms with van der Waals surface area (Å²) in [5.74, 6) is -5.30. The summed E-state index contributed by atoms with van der Waals surface area (Å²) in [6.45, 7) is 4.16. The highest BCUT2D eigenvalue weighted by Gasteiger charge is 2.46. The van der Waals surface area contributed by atoms with Crippen LogP contribution in [0.25, 0.3) is 11.0 Å². The summed E-state index contributed by atoms with van der Waals surface area (Å²) in [4.78, 5) is 17.6. The van der Waals surface area contributed by atoms with Gasteiger partial charge in [0.2, 0.25) is 0 Å².